The fourth-order valence-electron chi connectivity index (χ4n) is 3.40. The van der Waals surface area contributed by atoms with Crippen LogP contribution in [-0.4, -0.2) is 43.4 Å². The van der Waals surface area contributed by atoms with Crippen LogP contribution >= 0.6 is 0 Å². The molecular formula is C21H27N3O3. The lowest BCUT2D eigenvalue weighted by molar-refractivity contribution is -0.130. The first kappa shape index (κ1) is 19.0. The zero-order chi connectivity index (χ0) is 19.1. The molecule has 1 fully saturated rings. The van der Waals surface area contributed by atoms with Crippen LogP contribution in [-0.2, 0) is 11.3 Å². The van der Waals surface area contributed by atoms with E-state index < -0.39 is 0 Å². The average molecular weight is 369 g/mol. The SMILES string of the molecule is CN(Cc1ccccc1N1CCCCC1)C(=O)CCNC(=O)c1ccoc1. The van der Waals surface area contributed by atoms with Gasteiger partial charge in [0.1, 0.15) is 6.26 Å². The van der Waals surface area contributed by atoms with Crippen molar-refractivity contribution in [2.45, 2.75) is 32.2 Å². The van der Waals surface area contributed by atoms with E-state index >= 15 is 0 Å². The van der Waals surface area contributed by atoms with Crippen LogP contribution in [0.5, 0.6) is 0 Å². The van der Waals surface area contributed by atoms with E-state index in [2.05, 4.69) is 28.4 Å². The maximum atomic E-state index is 12.4. The number of nitrogens with one attached hydrogen (secondary N) is 1. The minimum atomic E-state index is -0.227. The van der Waals surface area contributed by atoms with Crippen molar-refractivity contribution in [2.75, 3.05) is 31.6 Å². The summed E-state index contributed by atoms with van der Waals surface area (Å²) in [5, 5.41) is 2.74. The quantitative estimate of drug-likeness (QED) is 0.815. The van der Waals surface area contributed by atoms with Gasteiger partial charge in [-0.25, -0.2) is 0 Å². The second-order valence-electron chi connectivity index (χ2n) is 6.94. The van der Waals surface area contributed by atoms with Crippen LogP contribution in [0, 0.1) is 0 Å². The predicted molar refractivity (Wildman–Crippen MR) is 105 cm³/mol. The zero-order valence-corrected chi connectivity index (χ0v) is 15.8. The van der Waals surface area contributed by atoms with Crippen LogP contribution in [0.25, 0.3) is 0 Å². The minimum Gasteiger partial charge on any atom is -0.472 e. The summed E-state index contributed by atoms with van der Waals surface area (Å²) in [5.41, 5.74) is 2.86. The topological polar surface area (TPSA) is 65.8 Å². The molecule has 0 saturated carbocycles. The first-order valence-electron chi connectivity index (χ1n) is 9.52. The van der Waals surface area contributed by atoms with Crippen LogP contribution < -0.4 is 10.2 Å². The zero-order valence-electron chi connectivity index (χ0n) is 15.8. The average Bonchev–Trinajstić information content (AvgIpc) is 3.24. The fourth-order valence-corrected chi connectivity index (χ4v) is 3.40. The smallest absolute Gasteiger partial charge is 0.254 e. The highest BCUT2D eigenvalue weighted by Crippen LogP contribution is 2.25. The molecule has 2 aromatic rings. The van der Waals surface area contributed by atoms with Gasteiger partial charge in [0.2, 0.25) is 5.91 Å². The van der Waals surface area contributed by atoms with E-state index in [4.69, 9.17) is 4.42 Å². The summed E-state index contributed by atoms with van der Waals surface area (Å²) >= 11 is 0. The Labute approximate surface area is 160 Å². The summed E-state index contributed by atoms with van der Waals surface area (Å²) in [6.07, 6.45) is 6.85. The number of hydrogen-bond donors (Lipinski definition) is 1. The molecule has 1 N–H and O–H groups in total. The van der Waals surface area contributed by atoms with Gasteiger partial charge in [0.25, 0.3) is 5.91 Å². The Kier molecular flexibility index (Phi) is 6.52. The van der Waals surface area contributed by atoms with Crippen molar-refractivity contribution < 1.29 is 14.0 Å². The summed E-state index contributed by atoms with van der Waals surface area (Å²) in [4.78, 5) is 28.5. The van der Waals surface area contributed by atoms with Crippen molar-refractivity contribution >= 4 is 17.5 Å². The number of piperidine rings is 1. The number of benzene rings is 1. The van der Waals surface area contributed by atoms with E-state index in [0.717, 1.165) is 18.7 Å². The molecule has 0 unspecified atom stereocenters. The predicted octanol–water partition coefficient (Wildman–Crippen LogP) is 3.05. The van der Waals surface area contributed by atoms with Gasteiger partial charge in [0.05, 0.1) is 11.8 Å². The first-order chi connectivity index (χ1) is 13.1. The number of carbonyl (C=O) groups is 2. The number of anilines is 1. The normalized spacial score (nSPS) is 14.0. The van der Waals surface area contributed by atoms with Crippen LogP contribution in [0.2, 0.25) is 0 Å². The second kappa shape index (κ2) is 9.26. The minimum absolute atomic E-state index is 0.0101. The van der Waals surface area contributed by atoms with Gasteiger partial charge in [0.15, 0.2) is 0 Å². The molecule has 6 heteroatoms. The van der Waals surface area contributed by atoms with Gasteiger partial charge in [-0.1, -0.05) is 18.2 Å². The largest absolute Gasteiger partial charge is 0.472 e. The lowest BCUT2D eigenvalue weighted by Crippen LogP contribution is -2.33. The molecule has 27 heavy (non-hydrogen) atoms. The number of carbonyl (C=O) groups excluding carboxylic acids is 2. The van der Waals surface area contributed by atoms with Crippen molar-refractivity contribution in [3.63, 3.8) is 0 Å². The van der Waals surface area contributed by atoms with E-state index in [9.17, 15) is 9.59 Å². The number of furan rings is 1. The van der Waals surface area contributed by atoms with E-state index in [1.165, 1.54) is 37.5 Å². The van der Waals surface area contributed by atoms with Gasteiger partial charge in [0, 0.05) is 45.3 Å². The third-order valence-corrected chi connectivity index (χ3v) is 4.93. The second-order valence-corrected chi connectivity index (χ2v) is 6.94. The van der Waals surface area contributed by atoms with Crippen LogP contribution in [0.15, 0.2) is 47.3 Å². The summed E-state index contributed by atoms with van der Waals surface area (Å²) < 4.78 is 4.89. The molecule has 6 nitrogen and oxygen atoms in total. The molecule has 0 radical (unpaired) electrons. The Hall–Kier alpha value is -2.76. The fraction of sp³-hybridized carbons (Fsp3) is 0.429. The number of amides is 2. The molecular weight excluding hydrogens is 342 g/mol. The highest BCUT2D eigenvalue weighted by molar-refractivity contribution is 5.94. The van der Waals surface area contributed by atoms with E-state index in [-0.39, 0.29) is 18.2 Å². The van der Waals surface area contributed by atoms with E-state index in [0.29, 0.717) is 18.7 Å². The van der Waals surface area contributed by atoms with Gasteiger partial charge >= 0.3 is 0 Å². The number of rotatable bonds is 7. The lowest BCUT2D eigenvalue weighted by atomic mass is 10.1. The third-order valence-electron chi connectivity index (χ3n) is 4.93. The molecule has 1 aromatic carbocycles. The summed E-state index contributed by atoms with van der Waals surface area (Å²) in [6.45, 7) is 3.03. The molecule has 0 aliphatic carbocycles. The summed E-state index contributed by atoms with van der Waals surface area (Å²) in [6, 6.07) is 9.91. The highest BCUT2D eigenvalue weighted by atomic mass is 16.3. The molecule has 1 saturated heterocycles. The van der Waals surface area contributed by atoms with E-state index in [1.807, 2.05) is 13.1 Å². The standard InChI is InChI=1S/C21H27N3O3/c1-23(20(25)9-11-22-21(26)18-10-14-27-16-18)15-17-7-3-4-8-19(17)24-12-5-2-6-13-24/h3-4,7-8,10,14,16H,2,5-6,9,11-13,15H2,1H3,(H,22,26). The molecule has 2 heterocycles. The highest BCUT2D eigenvalue weighted by Gasteiger charge is 2.17. The number of para-hydroxylation sites is 1. The van der Waals surface area contributed by atoms with Gasteiger partial charge in [-0.05, 0) is 37.0 Å². The molecule has 0 atom stereocenters. The first-order valence-corrected chi connectivity index (χ1v) is 9.52. The molecule has 1 aliphatic rings. The summed E-state index contributed by atoms with van der Waals surface area (Å²) in [7, 11) is 1.81. The number of hydrogen-bond acceptors (Lipinski definition) is 4. The van der Waals surface area contributed by atoms with Gasteiger partial charge < -0.3 is 19.5 Å². The van der Waals surface area contributed by atoms with Gasteiger partial charge in [-0.2, -0.15) is 0 Å². The Balaban J connectivity index is 1.51. The van der Waals surface area contributed by atoms with Crippen LogP contribution in [0.3, 0.4) is 0 Å². The Morgan fingerprint density at radius 1 is 1.15 bits per heavy atom. The van der Waals surface area contributed by atoms with Crippen molar-refractivity contribution in [1.29, 1.82) is 0 Å². The molecule has 3 rings (SSSR count). The molecule has 0 spiro atoms. The monoisotopic (exact) mass is 369 g/mol. The molecule has 0 bridgehead atoms. The Morgan fingerprint density at radius 3 is 2.67 bits per heavy atom. The Morgan fingerprint density at radius 2 is 1.93 bits per heavy atom. The molecule has 1 aromatic heterocycles. The molecule has 1 aliphatic heterocycles. The maximum absolute atomic E-state index is 12.4. The Bertz CT molecular complexity index is 752. The van der Waals surface area contributed by atoms with Crippen molar-refractivity contribution in [3.05, 3.63) is 54.0 Å². The lowest BCUT2D eigenvalue weighted by Gasteiger charge is -2.31. The van der Waals surface area contributed by atoms with Crippen molar-refractivity contribution in [1.82, 2.24) is 10.2 Å². The van der Waals surface area contributed by atoms with Crippen LogP contribution in [0.1, 0.15) is 41.6 Å². The van der Waals surface area contributed by atoms with Gasteiger partial charge in [-0.3, -0.25) is 9.59 Å². The molecule has 144 valence electrons. The van der Waals surface area contributed by atoms with E-state index in [1.54, 1.807) is 11.0 Å². The summed E-state index contributed by atoms with van der Waals surface area (Å²) in [5.74, 6) is -0.217. The maximum Gasteiger partial charge on any atom is 0.254 e. The van der Waals surface area contributed by atoms with Crippen molar-refractivity contribution in [2.24, 2.45) is 0 Å². The third kappa shape index (κ3) is 5.12. The van der Waals surface area contributed by atoms with Crippen LogP contribution in [0.4, 0.5) is 5.69 Å². The van der Waals surface area contributed by atoms with Crippen molar-refractivity contribution in [3.8, 4) is 0 Å². The molecule has 2 amide bonds. The number of nitrogens with zero attached hydrogens (tertiary/aromatic N) is 2. The van der Waals surface area contributed by atoms with Gasteiger partial charge in [-0.15, -0.1) is 0 Å².